The second-order valence-corrected chi connectivity index (χ2v) is 7.97. The molecule has 1 saturated carbocycles. The maximum absolute atomic E-state index is 12.4. The Balaban J connectivity index is 0.00000243. The van der Waals surface area contributed by atoms with Gasteiger partial charge in [-0.3, -0.25) is 0 Å². The summed E-state index contributed by atoms with van der Waals surface area (Å²) in [6, 6.07) is 7.05. The molecule has 2 aliphatic rings. The van der Waals surface area contributed by atoms with Crippen molar-refractivity contribution in [3.05, 3.63) is 29.8 Å². The number of amides is 1. The van der Waals surface area contributed by atoms with Gasteiger partial charge in [0.1, 0.15) is 5.60 Å². The SMILES string of the molecule is CC(C)(C)OC(=O)N(CC1CN(c2ccc(C(=O)[O-])cc2)C1)C1CC1.[Na+]. The van der Waals surface area contributed by atoms with Crippen LogP contribution in [-0.2, 0) is 4.74 Å². The van der Waals surface area contributed by atoms with Crippen LogP contribution in [0.2, 0.25) is 0 Å². The fraction of sp³-hybridized carbons (Fsp3) is 0.579. The molecule has 1 aromatic rings. The van der Waals surface area contributed by atoms with Gasteiger partial charge in [-0.15, -0.1) is 0 Å². The number of aromatic carboxylic acids is 1. The van der Waals surface area contributed by atoms with Crippen LogP contribution in [0.1, 0.15) is 44.0 Å². The molecule has 1 aliphatic heterocycles. The van der Waals surface area contributed by atoms with Gasteiger partial charge in [0.25, 0.3) is 0 Å². The van der Waals surface area contributed by atoms with Gasteiger partial charge in [-0.2, -0.15) is 0 Å². The topological polar surface area (TPSA) is 72.9 Å². The van der Waals surface area contributed by atoms with Crippen molar-refractivity contribution >= 4 is 17.7 Å². The number of carbonyl (C=O) groups excluding carboxylic acids is 2. The van der Waals surface area contributed by atoms with E-state index in [2.05, 4.69) is 4.90 Å². The van der Waals surface area contributed by atoms with E-state index in [9.17, 15) is 14.7 Å². The van der Waals surface area contributed by atoms with Gasteiger partial charge in [-0.1, -0.05) is 12.1 Å². The molecule has 0 spiro atoms. The van der Waals surface area contributed by atoms with E-state index in [0.29, 0.717) is 18.5 Å². The molecule has 2 fully saturated rings. The summed E-state index contributed by atoms with van der Waals surface area (Å²) in [6.45, 7) is 8.09. The molecule has 1 heterocycles. The zero-order valence-electron chi connectivity index (χ0n) is 16.0. The van der Waals surface area contributed by atoms with Crippen molar-refractivity contribution < 1.29 is 49.0 Å². The Bertz CT molecular complexity index is 646. The summed E-state index contributed by atoms with van der Waals surface area (Å²) in [5, 5.41) is 10.8. The van der Waals surface area contributed by atoms with E-state index in [4.69, 9.17) is 4.74 Å². The Morgan fingerprint density at radius 2 is 1.77 bits per heavy atom. The molecule has 1 aliphatic carbocycles. The molecule has 1 aromatic carbocycles. The summed E-state index contributed by atoms with van der Waals surface area (Å²) in [6.07, 6.45) is 1.90. The molecule has 1 saturated heterocycles. The van der Waals surface area contributed by atoms with Crippen LogP contribution in [0.5, 0.6) is 0 Å². The first-order valence-corrected chi connectivity index (χ1v) is 8.79. The van der Waals surface area contributed by atoms with Gasteiger partial charge in [0.05, 0.1) is 5.97 Å². The number of rotatable bonds is 5. The zero-order valence-corrected chi connectivity index (χ0v) is 18.0. The molecule has 6 nitrogen and oxygen atoms in total. The fourth-order valence-corrected chi connectivity index (χ4v) is 3.06. The number of hydrogen-bond acceptors (Lipinski definition) is 5. The third kappa shape index (κ3) is 5.38. The van der Waals surface area contributed by atoms with E-state index in [-0.39, 0.29) is 41.2 Å². The molecule has 1 amide bonds. The number of hydrogen-bond donors (Lipinski definition) is 0. The fourth-order valence-electron chi connectivity index (χ4n) is 3.06. The van der Waals surface area contributed by atoms with Crippen LogP contribution >= 0.6 is 0 Å². The van der Waals surface area contributed by atoms with Crippen molar-refractivity contribution in [2.24, 2.45) is 5.92 Å². The van der Waals surface area contributed by atoms with E-state index in [1.807, 2.05) is 25.7 Å². The first kappa shape index (κ1) is 21.1. The molecule has 0 unspecified atom stereocenters. The molecule has 0 N–H and O–H groups in total. The van der Waals surface area contributed by atoms with Gasteiger partial charge in [0.15, 0.2) is 0 Å². The van der Waals surface area contributed by atoms with Gasteiger partial charge in [-0.05, 0) is 51.3 Å². The molecule has 136 valence electrons. The van der Waals surface area contributed by atoms with Crippen molar-refractivity contribution in [1.82, 2.24) is 4.90 Å². The Hall–Kier alpha value is -1.24. The molecular weight excluding hydrogens is 343 g/mol. The van der Waals surface area contributed by atoms with Crippen LogP contribution in [0, 0.1) is 5.92 Å². The largest absolute Gasteiger partial charge is 1.00 e. The minimum atomic E-state index is -1.16. The maximum atomic E-state index is 12.4. The van der Waals surface area contributed by atoms with Crippen LogP contribution in [-0.4, -0.2) is 48.2 Å². The van der Waals surface area contributed by atoms with E-state index < -0.39 is 11.6 Å². The van der Waals surface area contributed by atoms with Crippen LogP contribution in [0.15, 0.2) is 24.3 Å². The van der Waals surface area contributed by atoms with E-state index in [1.165, 1.54) is 0 Å². The third-order valence-electron chi connectivity index (χ3n) is 4.50. The Morgan fingerprint density at radius 3 is 2.23 bits per heavy atom. The third-order valence-corrected chi connectivity index (χ3v) is 4.50. The molecule has 7 heteroatoms. The normalized spacial score (nSPS) is 17.1. The number of ether oxygens (including phenoxy) is 1. The van der Waals surface area contributed by atoms with Crippen LogP contribution in [0.25, 0.3) is 0 Å². The first-order valence-electron chi connectivity index (χ1n) is 8.79. The summed E-state index contributed by atoms with van der Waals surface area (Å²) >= 11 is 0. The summed E-state index contributed by atoms with van der Waals surface area (Å²) in [5.41, 5.74) is 0.707. The van der Waals surface area contributed by atoms with Crippen molar-refractivity contribution in [3.8, 4) is 0 Å². The second-order valence-electron chi connectivity index (χ2n) is 7.97. The molecule has 0 aromatic heterocycles. The van der Waals surface area contributed by atoms with Crippen LogP contribution < -0.4 is 39.6 Å². The number of nitrogens with zero attached hydrogens (tertiary/aromatic N) is 2. The molecule has 26 heavy (non-hydrogen) atoms. The monoisotopic (exact) mass is 368 g/mol. The predicted molar refractivity (Wildman–Crippen MR) is 92.4 cm³/mol. The standard InChI is InChI=1S/C19H26N2O4.Na/c1-19(2,3)25-18(24)21(16-8-9-16)12-13-10-20(11-13)15-6-4-14(5-7-15)17(22)23;/h4-7,13,16H,8-12H2,1-3H3,(H,22,23);/q;+1/p-1. The maximum Gasteiger partial charge on any atom is 1.00 e. The Labute approximate surface area is 176 Å². The summed E-state index contributed by atoms with van der Waals surface area (Å²) in [7, 11) is 0. The average Bonchev–Trinajstić information content (AvgIpc) is 3.29. The number of carbonyl (C=O) groups is 2. The van der Waals surface area contributed by atoms with Crippen LogP contribution in [0.3, 0.4) is 0 Å². The predicted octanol–water partition coefficient (Wildman–Crippen LogP) is -1.11. The molecule has 0 radical (unpaired) electrons. The van der Waals surface area contributed by atoms with Crippen molar-refractivity contribution in [2.75, 3.05) is 24.5 Å². The van der Waals surface area contributed by atoms with Gasteiger partial charge in [-0.25, -0.2) is 4.79 Å². The molecule has 0 bridgehead atoms. The number of benzene rings is 1. The van der Waals surface area contributed by atoms with E-state index in [1.54, 1.807) is 24.3 Å². The number of carboxylic acid groups (broad SMARTS) is 1. The van der Waals surface area contributed by atoms with E-state index in [0.717, 1.165) is 31.6 Å². The summed E-state index contributed by atoms with van der Waals surface area (Å²) < 4.78 is 5.53. The number of carboxylic acids is 1. The van der Waals surface area contributed by atoms with Crippen molar-refractivity contribution in [2.45, 2.75) is 45.3 Å². The van der Waals surface area contributed by atoms with Crippen molar-refractivity contribution in [3.63, 3.8) is 0 Å². The summed E-state index contributed by atoms with van der Waals surface area (Å²) in [5.74, 6) is -0.751. The number of anilines is 1. The molecule has 3 rings (SSSR count). The smallest absolute Gasteiger partial charge is 0.545 e. The first-order chi connectivity index (χ1) is 11.7. The minimum Gasteiger partial charge on any atom is -0.545 e. The van der Waals surface area contributed by atoms with Gasteiger partial charge in [0.2, 0.25) is 0 Å². The van der Waals surface area contributed by atoms with Gasteiger partial charge < -0.3 is 24.4 Å². The van der Waals surface area contributed by atoms with Gasteiger partial charge in [0, 0.05) is 37.3 Å². The zero-order chi connectivity index (χ0) is 18.2. The van der Waals surface area contributed by atoms with Crippen LogP contribution in [0.4, 0.5) is 10.5 Å². The summed E-state index contributed by atoms with van der Waals surface area (Å²) in [4.78, 5) is 27.3. The minimum absolute atomic E-state index is 0. The average molecular weight is 368 g/mol. The Morgan fingerprint density at radius 1 is 1.19 bits per heavy atom. The second kappa shape index (κ2) is 8.19. The van der Waals surface area contributed by atoms with Crippen molar-refractivity contribution in [1.29, 1.82) is 0 Å². The molecular formula is C19H25N2NaO4. The van der Waals surface area contributed by atoms with E-state index >= 15 is 0 Å². The van der Waals surface area contributed by atoms with Gasteiger partial charge >= 0.3 is 35.7 Å². The molecule has 0 atom stereocenters. The quantitative estimate of drug-likeness (QED) is 0.617. The Kier molecular flexibility index (Phi) is 6.64.